The summed E-state index contributed by atoms with van der Waals surface area (Å²) in [5.41, 5.74) is 7.95. The summed E-state index contributed by atoms with van der Waals surface area (Å²) in [6.45, 7) is 0. The molecule has 1 atom stereocenters. The lowest BCUT2D eigenvalue weighted by Gasteiger charge is -2.27. The highest BCUT2D eigenvalue weighted by molar-refractivity contribution is 5.88. The van der Waals surface area contributed by atoms with Gasteiger partial charge in [0.05, 0.1) is 17.0 Å². The number of nitrogens with two attached hydrogens (primary N) is 1. The Hall–Kier alpha value is -4.50. The summed E-state index contributed by atoms with van der Waals surface area (Å²) in [5.74, 6) is 0.994. The van der Waals surface area contributed by atoms with E-state index in [4.69, 9.17) is 15.2 Å². The molecule has 1 unspecified atom stereocenters. The van der Waals surface area contributed by atoms with Gasteiger partial charge in [0.2, 0.25) is 5.88 Å². The number of fused-ring (bicyclic) bond motifs is 3. The fourth-order valence-electron chi connectivity index (χ4n) is 4.14. The van der Waals surface area contributed by atoms with Gasteiger partial charge in [-0.2, -0.15) is 5.26 Å². The Morgan fingerprint density at radius 3 is 2.50 bits per heavy atom. The maximum Gasteiger partial charge on any atom is 0.258 e. The van der Waals surface area contributed by atoms with Crippen LogP contribution in [0.2, 0.25) is 0 Å². The van der Waals surface area contributed by atoms with E-state index in [2.05, 4.69) is 6.07 Å². The van der Waals surface area contributed by atoms with Crippen LogP contribution < -0.4 is 20.8 Å². The first kappa shape index (κ1) is 19.5. The molecule has 3 aromatic carbocycles. The van der Waals surface area contributed by atoms with Crippen molar-refractivity contribution in [3.8, 4) is 23.3 Å². The van der Waals surface area contributed by atoms with Gasteiger partial charge in [-0.25, -0.2) is 0 Å². The second-order valence-corrected chi connectivity index (χ2v) is 7.54. The number of allylic oxidation sites excluding steroid dienone is 1. The molecule has 156 valence electrons. The number of pyridine rings is 1. The lowest BCUT2D eigenvalue weighted by Crippen LogP contribution is -2.31. The minimum atomic E-state index is -0.675. The Morgan fingerprint density at radius 2 is 1.72 bits per heavy atom. The van der Waals surface area contributed by atoms with E-state index in [1.807, 2.05) is 78.9 Å². The zero-order chi connectivity index (χ0) is 22.2. The van der Waals surface area contributed by atoms with E-state index in [-0.39, 0.29) is 17.0 Å². The van der Waals surface area contributed by atoms with Crippen LogP contribution in [0.5, 0.6) is 17.2 Å². The molecule has 5 rings (SSSR count). The van der Waals surface area contributed by atoms with Gasteiger partial charge in [-0.3, -0.25) is 4.79 Å². The number of hydrogen-bond acceptors (Lipinski definition) is 5. The van der Waals surface area contributed by atoms with Crippen molar-refractivity contribution in [2.24, 2.45) is 12.8 Å². The van der Waals surface area contributed by atoms with Gasteiger partial charge in [-0.15, -0.1) is 0 Å². The Morgan fingerprint density at radius 1 is 1.00 bits per heavy atom. The van der Waals surface area contributed by atoms with E-state index in [9.17, 15) is 10.1 Å². The molecule has 1 aliphatic rings. The number of aromatic nitrogens is 1. The highest BCUT2D eigenvalue weighted by Crippen LogP contribution is 2.44. The van der Waals surface area contributed by atoms with Crippen molar-refractivity contribution in [2.45, 2.75) is 5.92 Å². The van der Waals surface area contributed by atoms with Gasteiger partial charge in [0.25, 0.3) is 5.56 Å². The minimum absolute atomic E-state index is 0.00205. The van der Waals surface area contributed by atoms with Crippen LogP contribution in [0.4, 0.5) is 0 Å². The summed E-state index contributed by atoms with van der Waals surface area (Å²) in [5, 5.41) is 10.6. The summed E-state index contributed by atoms with van der Waals surface area (Å²) in [4.78, 5) is 13.4. The number of aryl methyl sites for hydroxylation is 1. The van der Waals surface area contributed by atoms with Crippen molar-refractivity contribution in [2.75, 3.05) is 0 Å². The van der Waals surface area contributed by atoms with Gasteiger partial charge in [0.1, 0.15) is 28.9 Å². The second-order valence-electron chi connectivity index (χ2n) is 7.54. The molecule has 1 aromatic heterocycles. The van der Waals surface area contributed by atoms with Crippen molar-refractivity contribution in [1.82, 2.24) is 4.57 Å². The molecule has 0 radical (unpaired) electrons. The molecule has 2 heterocycles. The fourth-order valence-corrected chi connectivity index (χ4v) is 4.14. The van der Waals surface area contributed by atoms with Crippen LogP contribution in [-0.4, -0.2) is 4.57 Å². The van der Waals surface area contributed by atoms with Crippen LogP contribution in [0, 0.1) is 11.3 Å². The Balaban J connectivity index is 1.72. The molecule has 4 aromatic rings. The third kappa shape index (κ3) is 3.08. The summed E-state index contributed by atoms with van der Waals surface area (Å²) in [6, 6.07) is 26.4. The maximum absolute atomic E-state index is 13.4. The highest BCUT2D eigenvalue weighted by Gasteiger charge is 2.35. The van der Waals surface area contributed by atoms with E-state index in [1.165, 1.54) is 0 Å². The summed E-state index contributed by atoms with van der Waals surface area (Å²) in [7, 11) is 1.71. The molecule has 6 heteroatoms. The topological polar surface area (TPSA) is 90.3 Å². The van der Waals surface area contributed by atoms with Gasteiger partial charge < -0.3 is 19.8 Å². The first-order valence-corrected chi connectivity index (χ1v) is 10.1. The van der Waals surface area contributed by atoms with Crippen molar-refractivity contribution in [1.29, 1.82) is 5.26 Å². The molecule has 2 N–H and O–H groups in total. The largest absolute Gasteiger partial charge is 0.457 e. The number of benzene rings is 3. The third-order valence-corrected chi connectivity index (χ3v) is 5.64. The van der Waals surface area contributed by atoms with E-state index in [0.29, 0.717) is 22.8 Å². The maximum atomic E-state index is 13.4. The smallest absolute Gasteiger partial charge is 0.258 e. The normalized spacial score (nSPS) is 15.1. The van der Waals surface area contributed by atoms with Crippen LogP contribution in [0.3, 0.4) is 0 Å². The van der Waals surface area contributed by atoms with Gasteiger partial charge in [0, 0.05) is 12.4 Å². The molecule has 32 heavy (non-hydrogen) atoms. The number of hydrogen-bond donors (Lipinski definition) is 1. The molecule has 1 aliphatic heterocycles. The average molecular weight is 421 g/mol. The number of nitrogens with zero attached hydrogens (tertiary/aromatic N) is 2. The highest BCUT2D eigenvalue weighted by atomic mass is 16.5. The van der Waals surface area contributed by atoms with Gasteiger partial charge in [-0.1, -0.05) is 42.5 Å². The zero-order valence-corrected chi connectivity index (χ0v) is 17.3. The molecule has 0 aliphatic carbocycles. The predicted octanol–water partition coefficient (Wildman–Crippen LogP) is 4.55. The first-order valence-electron chi connectivity index (χ1n) is 10.1. The number of nitriles is 1. The Kier molecular flexibility index (Phi) is 4.65. The SMILES string of the molecule is Cn1c(=O)c2c(c3ccccc31)OC(N)=C(C#N)C2c1cccc(Oc2ccccc2)c1. The molecule has 0 saturated heterocycles. The van der Waals surface area contributed by atoms with Crippen molar-refractivity contribution in [3.63, 3.8) is 0 Å². The Bertz CT molecular complexity index is 1480. The van der Waals surface area contributed by atoms with Gasteiger partial charge in [0.15, 0.2) is 0 Å². The van der Waals surface area contributed by atoms with Gasteiger partial charge >= 0.3 is 0 Å². The van der Waals surface area contributed by atoms with Crippen LogP contribution in [0.25, 0.3) is 10.9 Å². The van der Waals surface area contributed by atoms with Crippen molar-refractivity contribution in [3.05, 3.63) is 112 Å². The van der Waals surface area contributed by atoms with E-state index < -0.39 is 5.92 Å². The molecule has 0 bridgehead atoms. The quantitative estimate of drug-likeness (QED) is 0.524. The standard InChI is InChI=1S/C26H19N3O3/c1-29-21-13-6-5-12-19(21)24-23(26(29)30)22(20(15-27)25(28)32-24)16-8-7-11-18(14-16)31-17-9-3-2-4-10-17/h2-14,22H,28H2,1H3. The fraction of sp³-hybridized carbons (Fsp3) is 0.0769. The lowest BCUT2D eigenvalue weighted by atomic mass is 9.83. The van der Waals surface area contributed by atoms with Gasteiger partial charge in [-0.05, 0) is 42.0 Å². The van der Waals surface area contributed by atoms with Crippen LogP contribution in [0.15, 0.2) is 95.1 Å². The lowest BCUT2D eigenvalue weighted by molar-refractivity contribution is 0.395. The van der Waals surface area contributed by atoms with Crippen LogP contribution in [0.1, 0.15) is 17.0 Å². The number of ether oxygens (including phenoxy) is 2. The molecule has 0 saturated carbocycles. The zero-order valence-electron chi connectivity index (χ0n) is 17.3. The second kappa shape index (κ2) is 7.64. The van der Waals surface area contributed by atoms with Crippen LogP contribution in [-0.2, 0) is 7.05 Å². The van der Waals surface area contributed by atoms with Crippen molar-refractivity contribution >= 4 is 10.9 Å². The van der Waals surface area contributed by atoms with E-state index >= 15 is 0 Å². The van der Waals surface area contributed by atoms with E-state index in [0.717, 1.165) is 16.5 Å². The van der Waals surface area contributed by atoms with Crippen molar-refractivity contribution < 1.29 is 9.47 Å². The molecular formula is C26H19N3O3. The van der Waals surface area contributed by atoms with Crippen LogP contribution >= 0.6 is 0 Å². The molecule has 0 fully saturated rings. The monoisotopic (exact) mass is 421 g/mol. The Labute approximate surface area is 184 Å². The summed E-state index contributed by atoms with van der Waals surface area (Å²) >= 11 is 0. The third-order valence-electron chi connectivity index (χ3n) is 5.64. The number of rotatable bonds is 3. The molecular weight excluding hydrogens is 402 g/mol. The molecule has 0 spiro atoms. The minimum Gasteiger partial charge on any atom is -0.457 e. The summed E-state index contributed by atoms with van der Waals surface area (Å²) in [6.07, 6.45) is 0. The average Bonchev–Trinajstić information content (AvgIpc) is 2.82. The number of para-hydroxylation sites is 2. The molecule has 6 nitrogen and oxygen atoms in total. The molecule has 0 amide bonds. The summed E-state index contributed by atoms with van der Waals surface area (Å²) < 4.78 is 13.4. The first-order chi connectivity index (χ1) is 15.6. The predicted molar refractivity (Wildman–Crippen MR) is 121 cm³/mol. The van der Waals surface area contributed by atoms with E-state index in [1.54, 1.807) is 11.6 Å².